The first kappa shape index (κ1) is 7.80. The number of hydrogen-bond acceptors (Lipinski definition) is 1. The van der Waals surface area contributed by atoms with Crippen LogP contribution in [0.2, 0.25) is 0 Å². The summed E-state index contributed by atoms with van der Waals surface area (Å²) in [6.07, 6.45) is 5.99. The minimum atomic E-state index is 0.697. The molecule has 1 heterocycles. The van der Waals surface area contributed by atoms with Crippen LogP contribution >= 0.6 is 0 Å². The third-order valence-electron chi connectivity index (χ3n) is 2.39. The predicted octanol–water partition coefficient (Wildman–Crippen LogP) is 1.95. The minimum Gasteiger partial charge on any atom is -0.313 e. The van der Waals surface area contributed by atoms with Gasteiger partial charge in [0.05, 0.1) is 0 Å². The summed E-state index contributed by atoms with van der Waals surface area (Å²) in [7, 11) is 0. The largest absolute Gasteiger partial charge is 0.313 e. The normalized spacial score (nSPS) is 28.3. The topological polar surface area (TPSA) is 12.0 Å². The summed E-state index contributed by atoms with van der Waals surface area (Å²) in [6.45, 7) is 7.27. The highest BCUT2D eigenvalue weighted by Gasteiger charge is 2.19. The molecule has 0 radical (unpaired) electrons. The number of rotatable bonds is 3. The van der Waals surface area contributed by atoms with Crippen molar-refractivity contribution < 1.29 is 0 Å². The summed E-state index contributed by atoms with van der Waals surface area (Å²) >= 11 is 0. The van der Waals surface area contributed by atoms with Crippen molar-refractivity contribution in [3.8, 4) is 0 Å². The molecule has 0 aliphatic carbocycles. The van der Waals surface area contributed by atoms with Gasteiger partial charge in [-0.15, -0.1) is 6.58 Å². The van der Waals surface area contributed by atoms with Crippen LogP contribution in [0.4, 0.5) is 0 Å². The predicted molar refractivity (Wildman–Crippen MR) is 45.0 cm³/mol. The molecule has 1 N–H and O–H groups in total. The molecule has 1 aliphatic rings. The molecule has 1 rings (SSSR count). The fourth-order valence-corrected chi connectivity index (χ4v) is 1.69. The third kappa shape index (κ3) is 1.60. The fraction of sp³-hybridized carbons (Fsp3) is 0.778. The Balaban J connectivity index is 2.36. The van der Waals surface area contributed by atoms with E-state index in [1.165, 1.54) is 25.8 Å². The molecule has 0 bridgehead atoms. The van der Waals surface area contributed by atoms with E-state index in [0.717, 1.165) is 6.04 Å². The van der Waals surface area contributed by atoms with Gasteiger partial charge in [0.25, 0.3) is 0 Å². The van der Waals surface area contributed by atoms with E-state index in [9.17, 15) is 0 Å². The molecule has 2 atom stereocenters. The van der Waals surface area contributed by atoms with E-state index in [4.69, 9.17) is 0 Å². The maximum absolute atomic E-state index is 3.84. The molecule has 2 unspecified atom stereocenters. The van der Waals surface area contributed by atoms with Crippen molar-refractivity contribution in [2.45, 2.75) is 32.2 Å². The van der Waals surface area contributed by atoms with Crippen LogP contribution < -0.4 is 5.32 Å². The van der Waals surface area contributed by atoms with Crippen molar-refractivity contribution >= 4 is 0 Å². The van der Waals surface area contributed by atoms with Crippen LogP contribution in [0.1, 0.15) is 26.2 Å². The van der Waals surface area contributed by atoms with Crippen LogP contribution in [0.15, 0.2) is 12.7 Å². The van der Waals surface area contributed by atoms with Crippen LogP contribution in [0, 0.1) is 5.92 Å². The molecule has 1 aliphatic heterocycles. The van der Waals surface area contributed by atoms with Crippen molar-refractivity contribution in [1.82, 2.24) is 5.32 Å². The molecule has 0 spiro atoms. The van der Waals surface area contributed by atoms with Crippen LogP contribution in [0.3, 0.4) is 0 Å². The molecule has 0 aromatic carbocycles. The fourth-order valence-electron chi connectivity index (χ4n) is 1.69. The zero-order chi connectivity index (χ0) is 7.40. The van der Waals surface area contributed by atoms with Gasteiger partial charge in [0.1, 0.15) is 0 Å². The summed E-state index contributed by atoms with van der Waals surface area (Å²) in [5, 5.41) is 3.49. The summed E-state index contributed by atoms with van der Waals surface area (Å²) in [6, 6.07) is 0.725. The zero-order valence-electron chi connectivity index (χ0n) is 6.77. The van der Waals surface area contributed by atoms with Crippen molar-refractivity contribution in [2.24, 2.45) is 5.92 Å². The average molecular weight is 139 g/mol. The molecular formula is C9H17N. The lowest BCUT2D eigenvalue weighted by molar-refractivity contribution is 0.450. The van der Waals surface area contributed by atoms with Crippen LogP contribution in [-0.4, -0.2) is 12.6 Å². The number of nitrogens with one attached hydrogen (secondary N) is 1. The summed E-state index contributed by atoms with van der Waals surface area (Å²) in [5.74, 6) is 0.697. The molecule has 1 saturated heterocycles. The summed E-state index contributed by atoms with van der Waals surface area (Å²) < 4.78 is 0. The standard InChI is InChI=1S/C9H17N/c1-3-8(4-2)9-6-5-7-10-9/h3,8-10H,1,4-7H2,2H3. The highest BCUT2D eigenvalue weighted by molar-refractivity contribution is 4.90. The molecule has 1 fully saturated rings. The minimum absolute atomic E-state index is 0.697. The molecule has 1 heteroatoms. The van der Waals surface area contributed by atoms with Gasteiger partial charge in [-0.1, -0.05) is 13.0 Å². The quantitative estimate of drug-likeness (QED) is 0.589. The molecule has 1 nitrogen and oxygen atoms in total. The molecular weight excluding hydrogens is 122 g/mol. The van der Waals surface area contributed by atoms with E-state index in [0.29, 0.717) is 5.92 Å². The maximum Gasteiger partial charge on any atom is 0.0130 e. The Morgan fingerprint density at radius 3 is 3.00 bits per heavy atom. The summed E-state index contributed by atoms with van der Waals surface area (Å²) in [5.41, 5.74) is 0. The van der Waals surface area contributed by atoms with Gasteiger partial charge >= 0.3 is 0 Å². The second kappa shape index (κ2) is 3.77. The molecule has 0 amide bonds. The Morgan fingerprint density at radius 1 is 1.80 bits per heavy atom. The summed E-state index contributed by atoms with van der Waals surface area (Å²) in [4.78, 5) is 0. The zero-order valence-corrected chi connectivity index (χ0v) is 6.77. The van der Waals surface area contributed by atoms with E-state index in [2.05, 4.69) is 24.9 Å². The van der Waals surface area contributed by atoms with Crippen LogP contribution in [-0.2, 0) is 0 Å². The third-order valence-corrected chi connectivity index (χ3v) is 2.39. The average Bonchev–Trinajstić information content (AvgIpc) is 2.43. The van der Waals surface area contributed by atoms with Crippen LogP contribution in [0.5, 0.6) is 0 Å². The first-order chi connectivity index (χ1) is 4.88. The first-order valence-electron chi connectivity index (χ1n) is 4.24. The Labute approximate surface area is 63.5 Å². The van der Waals surface area contributed by atoms with E-state index >= 15 is 0 Å². The van der Waals surface area contributed by atoms with E-state index in [1.54, 1.807) is 0 Å². The highest BCUT2D eigenvalue weighted by Crippen LogP contribution is 2.18. The second-order valence-electron chi connectivity index (χ2n) is 3.01. The van der Waals surface area contributed by atoms with Gasteiger partial charge in [-0.05, 0) is 31.7 Å². The van der Waals surface area contributed by atoms with Crippen molar-refractivity contribution in [1.29, 1.82) is 0 Å². The van der Waals surface area contributed by atoms with Gasteiger partial charge in [-0.25, -0.2) is 0 Å². The molecule has 58 valence electrons. The Bertz CT molecular complexity index is 103. The SMILES string of the molecule is C=CC(CC)C1CCCN1. The highest BCUT2D eigenvalue weighted by atomic mass is 14.9. The van der Waals surface area contributed by atoms with E-state index in [-0.39, 0.29) is 0 Å². The van der Waals surface area contributed by atoms with Gasteiger partial charge in [-0.2, -0.15) is 0 Å². The molecule has 10 heavy (non-hydrogen) atoms. The first-order valence-corrected chi connectivity index (χ1v) is 4.24. The van der Waals surface area contributed by atoms with Gasteiger partial charge in [0.15, 0.2) is 0 Å². The Morgan fingerprint density at radius 2 is 2.60 bits per heavy atom. The second-order valence-corrected chi connectivity index (χ2v) is 3.01. The van der Waals surface area contributed by atoms with Crippen molar-refractivity contribution in [2.75, 3.05) is 6.54 Å². The van der Waals surface area contributed by atoms with Gasteiger partial charge < -0.3 is 5.32 Å². The lowest BCUT2D eigenvalue weighted by Crippen LogP contribution is -2.28. The van der Waals surface area contributed by atoms with Crippen molar-refractivity contribution in [3.63, 3.8) is 0 Å². The lowest BCUT2D eigenvalue weighted by atomic mass is 9.96. The lowest BCUT2D eigenvalue weighted by Gasteiger charge is -2.17. The van der Waals surface area contributed by atoms with Gasteiger partial charge in [-0.3, -0.25) is 0 Å². The Hall–Kier alpha value is -0.300. The van der Waals surface area contributed by atoms with Crippen molar-refractivity contribution in [3.05, 3.63) is 12.7 Å². The maximum atomic E-state index is 3.84. The molecule has 0 aromatic heterocycles. The van der Waals surface area contributed by atoms with Crippen LogP contribution in [0.25, 0.3) is 0 Å². The molecule has 0 aromatic rings. The smallest absolute Gasteiger partial charge is 0.0130 e. The Kier molecular flexibility index (Phi) is 2.94. The van der Waals surface area contributed by atoms with E-state index in [1.807, 2.05) is 0 Å². The van der Waals surface area contributed by atoms with E-state index < -0.39 is 0 Å². The monoisotopic (exact) mass is 139 g/mol. The van der Waals surface area contributed by atoms with Gasteiger partial charge in [0, 0.05) is 6.04 Å². The number of hydrogen-bond donors (Lipinski definition) is 1. The van der Waals surface area contributed by atoms with Gasteiger partial charge in [0.2, 0.25) is 0 Å². The molecule has 0 saturated carbocycles.